The predicted molar refractivity (Wildman–Crippen MR) is 62.7 cm³/mol. The highest BCUT2D eigenvalue weighted by atomic mass is 16.5. The minimum Gasteiger partial charge on any atom is -0.476 e. The smallest absolute Gasteiger partial charge is 0.219 e. The third-order valence-corrected chi connectivity index (χ3v) is 3.04. The highest BCUT2D eigenvalue weighted by molar-refractivity contribution is 5.41. The first kappa shape index (κ1) is 9.90. The van der Waals surface area contributed by atoms with Crippen molar-refractivity contribution in [1.82, 2.24) is 10.3 Å². The molecular formula is C12H17N3O. The maximum atomic E-state index is 5.60. The lowest BCUT2D eigenvalue weighted by Crippen LogP contribution is -2.16. The molecule has 86 valence electrons. The van der Waals surface area contributed by atoms with Gasteiger partial charge in [-0.15, -0.1) is 0 Å². The highest BCUT2D eigenvalue weighted by Crippen LogP contribution is 2.29. The average Bonchev–Trinajstić information content (AvgIpc) is 3.13. The largest absolute Gasteiger partial charge is 0.476 e. The minimum atomic E-state index is 0.700. The Balaban J connectivity index is 1.71. The van der Waals surface area contributed by atoms with Crippen molar-refractivity contribution < 1.29 is 4.74 Å². The van der Waals surface area contributed by atoms with Gasteiger partial charge < -0.3 is 15.4 Å². The summed E-state index contributed by atoms with van der Waals surface area (Å²) in [6, 6.07) is 4.13. The average molecular weight is 219 g/mol. The predicted octanol–water partition coefficient (Wildman–Crippen LogP) is 1.39. The molecule has 1 aromatic heterocycles. The highest BCUT2D eigenvalue weighted by Gasteiger charge is 2.21. The summed E-state index contributed by atoms with van der Waals surface area (Å²) in [5.41, 5.74) is 1.15. The Kier molecular flexibility index (Phi) is 2.66. The molecule has 0 saturated heterocycles. The van der Waals surface area contributed by atoms with Crippen LogP contribution in [0.2, 0.25) is 0 Å². The van der Waals surface area contributed by atoms with E-state index in [1.54, 1.807) is 0 Å². The summed E-state index contributed by atoms with van der Waals surface area (Å²) in [5.74, 6) is 2.58. The van der Waals surface area contributed by atoms with E-state index in [2.05, 4.69) is 21.7 Å². The summed E-state index contributed by atoms with van der Waals surface area (Å²) < 4.78 is 5.60. The van der Waals surface area contributed by atoms with E-state index in [9.17, 15) is 0 Å². The van der Waals surface area contributed by atoms with Gasteiger partial charge in [-0.1, -0.05) is 0 Å². The lowest BCUT2D eigenvalue weighted by Gasteiger charge is -2.09. The van der Waals surface area contributed by atoms with Crippen LogP contribution in [0.25, 0.3) is 0 Å². The molecule has 0 amide bonds. The van der Waals surface area contributed by atoms with Gasteiger partial charge in [-0.25, -0.2) is 0 Å². The minimum absolute atomic E-state index is 0.700. The van der Waals surface area contributed by atoms with Crippen LogP contribution in [-0.4, -0.2) is 24.7 Å². The van der Waals surface area contributed by atoms with Crippen LogP contribution in [0.4, 0.5) is 5.82 Å². The van der Waals surface area contributed by atoms with Gasteiger partial charge in [-0.2, -0.15) is 4.98 Å². The van der Waals surface area contributed by atoms with Crippen molar-refractivity contribution in [2.24, 2.45) is 5.92 Å². The van der Waals surface area contributed by atoms with Crippen LogP contribution in [0.5, 0.6) is 5.88 Å². The fraction of sp³-hybridized carbons (Fsp3) is 0.583. The van der Waals surface area contributed by atoms with Crippen LogP contribution in [0.15, 0.2) is 12.1 Å². The first-order valence-electron chi connectivity index (χ1n) is 5.99. The molecule has 1 aliphatic carbocycles. The Bertz CT molecular complexity index is 377. The normalized spacial score (nSPS) is 19.5. The summed E-state index contributed by atoms with van der Waals surface area (Å²) in [6.07, 6.45) is 2.72. The maximum absolute atomic E-state index is 5.60. The molecule has 2 heterocycles. The van der Waals surface area contributed by atoms with E-state index in [0.717, 1.165) is 42.8 Å². The van der Waals surface area contributed by atoms with Crippen LogP contribution in [0.1, 0.15) is 18.4 Å². The molecule has 0 atom stereocenters. The molecule has 16 heavy (non-hydrogen) atoms. The zero-order valence-corrected chi connectivity index (χ0v) is 9.33. The first-order valence-corrected chi connectivity index (χ1v) is 5.99. The van der Waals surface area contributed by atoms with E-state index in [-0.39, 0.29) is 0 Å². The second kappa shape index (κ2) is 4.29. The monoisotopic (exact) mass is 219 g/mol. The van der Waals surface area contributed by atoms with Crippen molar-refractivity contribution in [3.63, 3.8) is 0 Å². The molecule has 0 aromatic carbocycles. The maximum Gasteiger partial charge on any atom is 0.219 e. The van der Waals surface area contributed by atoms with Gasteiger partial charge in [0.05, 0.1) is 0 Å². The summed E-state index contributed by atoms with van der Waals surface area (Å²) in [7, 11) is 0. The number of fused-ring (bicyclic) bond motifs is 1. The van der Waals surface area contributed by atoms with Gasteiger partial charge in [0, 0.05) is 25.2 Å². The van der Waals surface area contributed by atoms with Crippen LogP contribution in [0.3, 0.4) is 0 Å². The number of hydrogen-bond acceptors (Lipinski definition) is 4. The standard InChI is InChI=1S/C12H17N3O/c1-2-9(1)7-14-11-4-3-10-8-13-5-6-16-12(10)15-11/h3-4,9,13H,1-2,5-8H2,(H,14,15). The van der Waals surface area contributed by atoms with E-state index < -0.39 is 0 Å². The van der Waals surface area contributed by atoms with Crippen LogP contribution < -0.4 is 15.4 Å². The van der Waals surface area contributed by atoms with Gasteiger partial charge in [0.1, 0.15) is 12.4 Å². The third-order valence-electron chi connectivity index (χ3n) is 3.04. The number of ether oxygens (including phenoxy) is 1. The molecule has 1 fully saturated rings. The Morgan fingerprint density at radius 3 is 3.25 bits per heavy atom. The van der Waals surface area contributed by atoms with Crippen molar-refractivity contribution in [2.45, 2.75) is 19.4 Å². The summed E-state index contributed by atoms with van der Waals surface area (Å²) in [6.45, 7) is 3.49. The van der Waals surface area contributed by atoms with Crippen LogP contribution in [0, 0.1) is 5.92 Å². The molecule has 1 aliphatic heterocycles. The number of rotatable bonds is 3. The zero-order chi connectivity index (χ0) is 10.8. The number of hydrogen-bond donors (Lipinski definition) is 2. The molecule has 0 radical (unpaired) electrons. The first-order chi connectivity index (χ1) is 7.92. The summed E-state index contributed by atoms with van der Waals surface area (Å²) in [5, 5.41) is 6.66. The molecule has 1 saturated carbocycles. The Hall–Kier alpha value is -1.29. The molecule has 2 N–H and O–H groups in total. The van der Waals surface area contributed by atoms with Crippen molar-refractivity contribution in [3.8, 4) is 5.88 Å². The third kappa shape index (κ3) is 2.27. The van der Waals surface area contributed by atoms with Crippen LogP contribution in [-0.2, 0) is 6.54 Å². The van der Waals surface area contributed by atoms with Crippen molar-refractivity contribution >= 4 is 5.82 Å². The van der Waals surface area contributed by atoms with E-state index >= 15 is 0 Å². The van der Waals surface area contributed by atoms with Gasteiger partial charge in [-0.05, 0) is 30.9 Å². The quantitative estimate of drug-likeness (QED) is 0.806. The van der Waals surface area contributed by atoms with Gasteiger partial charge in [-0.3, -0.25) is 0 Å². The Morgan fingerprint density at radius 2 is 2.38 bits per heavy atom. The Morgan fingerprint density at radius 1 is 1.44 bits per heavy atom. The van der Waals surface area contributed by atoms with E-state index in [4.69, 9.17) is 4.74 Å². The fourth-order valence-electron chi connectivity index (χ4n) is 1.84. The van der Waals surface area contributed by atoms with E-state index in [0.29, 0.717) is 6.61 Å². The topological polar surface area (TPSA) is 46.2 Å². The number of nitrogens with one attached hydrogen (secondary N) is 2. The molecule has 2 aliphatic rings. The molecule has 0 bridgehead atoms. The lowest BCUT2D eigenvalue weighted by molar-refractivity contribution is 0.314. The van der Waals surface area contributed by atoms with Crippen molar-refractivity contribution in [3.05, 3.63) is 17.7 Å². The summed E-state index contributed by atoms with van der Waals surface area (Å²) in [4.78, 5) is 4.50. The van der Waals surface area contributed by atoms with Gasteiger partial charge in [0.25, 0.3) is 0 Å². The zero-order valence-electron chi connectivity index (χ0n) is 9.33. The molecule has 0 unspecified atom stereocenters. The van der Waals surface area contributed by atoms with Gasteiger partial charge in [0.15, 0.2) is 0 Å². The lowest BCUT2D eigenvalue weighted by atomic mass is 10.2. The van der Waals surface area contributed by atoms with Gasteiger partial charge >= 0.3 is 0 Å². The van der Waals surface area contributed by atoms with Crippen molar-refractivity contribution in [2.75, 3.05) is 25.0 Å². The Labute approximate surface area is 95.4 Å². The molecular weight excluding hydrogens is 202 g/mol. The number of nitrogens with zero attached hydrogens (tertiary/aromatic N) is 1. The van der Waals surface area contributed by atoms with Crippen molar-refractivity contribution in [1.29, 1.82) is 0 Å². The second-order valence-corrected chi connectivity index (χ2v) is 4.51. The SMILES string of the molecule is c1cc2c(nc1NCC1CC1)OCCNC2. The van der Waals surface area contributed by atoms with Crippen LogP contribution >= 0.6 is 0 Å². The molecule has 4 nitrogen and oxygen atoms in total. The second-order valence-electron chi connectivity index (χ2n) is 4.51. The molecule has 1 aromatic rings. The molecule has 4 heteroatoms. The number of aromatic nitrogens is 1. The molecule has 3 rings (SSSR count). The number of pyridine rings is 1. The van der Waals surface area contributed by atoms with Gasteiger partial charge in [0.2, 0.25) is 5.88 Å². The molecule has 0 spiro atoms. The van der Waals surface area contributed by atoms with E-state index in [1.165, 1.54) is 12.8 Å². The fourth-order valence-corrected chi connectivity index (χ4v) is 1.84. The number of anilines is 1. The van der Waals surface area contributed by atoms with E-state index in [1.807, 2.05) is 6.07 Å². The summed E-state index contributed by atoms with van der Waals surface area (Å²) >= 11 is 0.